The lowest BCUT2D eigenvalue weighted by atomic mass is 10.2. The fraction of sp³-hybridized carbons (Fsp3) is 0.111. The summed E-state index contributed by atoms with van der Waals surface area (Å²) in [5, 5.41) is 0. The van der Waals surface area contributed by atoms with Crippen LogP contribution in [0.1, 0.15) is 15.9 Å². The third kappa shape index (κ3) is 5.09. The summed E-state index contributed by atoms with van der Waals surface area (Å²) in [6.45, 7) is 0. The van der Waals surface area contributed by atoms with Crippen molar-refractivity contribution < 1.29 is 19.1 Å². The number of methoxy groups -OCH3 is 2. The van der Waals surface area contributed by atoms with E-state index in [-0.39, 0.29) is 0 Å². The molecule has 0 heterocycles. The average molecular weight is 405 g/mol. The highest BCUT2D eigenvalue weighted by Crippen LogP contribution is 2.27. The van der Waals surface area contributed by atoms with E-state index in [1.54, 1.807) is 55.7 Å². The summed E-state index contributed by atoms with van der Waals surface area (Å²) in [4.78, 5) is 23.8. The Labute approximate surface area is 153 Å². The first kappa shape index (κ1) is 18.5. The molecule has 0 saturated carbocycles. The number of hydrazine groups is 1. The molecule has 0 spiro atoms. The van der Waals surface area contributed by atoms with Crippen LogP contribution in [-0.2, 0) is 4.79 Å². The summed E-state index contributed by atoms with van der Waals surface area (Å²) in [6, 6.07) is 12.2. The monoisotopic (exact) mass is 404 g/mol. The van der Waals surface area contributed by atoms with Crippen LogP contribution in [0.5, 0.6) is 11.5 Å². The SMILES string of the molecule is COc1ccc(C=CC(=O)NNC(=O)c2ccccc2Br)cc1OC. The molecule has 0 aliphatic heterocycles. The zero-order valence-electron chi connectivity index (χ0n) is 13.7. The van der Waals surface area contributed by atoms with Gasteiger partial charge in [0.15, 0.2) is 11.5 Å². The highest BCUT2D eigenvalue weighted by Gasteiger charge is 2.09. The molecule has 0 aliphatic rings. The number of hydrogen-bond donors (Lipinski definition) is 2. The van der Waals surface area contributed by atoms with E-state index in [0.29, 0.717) is 21.5 Å². The molecule has 0 atom stereocenters. The molecule has 0 bridgehead atoms. The second-order valence-corrected chi connectivity index (χ2v) is 5.73. The van der Waals surface area contributed by atoms with E-state index >= 15 is 0 Å². The van der Waals surface area contributed by atoms with Crippen molar-refractivity contribution in [2.45, 2.75) is 0 Å². The highest BCUT2D eigenvalue weighted by molar-refractivity contribution is 9.10. The number of benzene rings is 2. The molecule has 0 aliphatic carbocycles. The van der Waals surface area contributed by atoms with Gasteiger partial charge in [-0.05, 0) is 51.8 Å². The minimum absolute atomic E-state index is 0.416. The van der Waals surface area contributed by atoms with Crippen molar-refractivity contribution in [2.75, 3.05) is 14.2 Å². The standard InChI is InChI=1S/C18H17BrN2O4/c1-24-15-9-7-12(11-16(15)25-2)8-10-17(22)20-21-18(23)13-5-3-4-6-14(13)19/h3-11H,1-2H3,(H,20,22)(H,21,23). The van der Waals surface area contributed by atoms with Crippen LogP contribution >= 0.6 is 15.9 Å². The molecule has 2 N–H and O–H groups in total. The number of hydrogen-bond acceptors (Lipinski definition) is 4. The molecule has 0 aromatic heterocycles. The normalized spacial score (nSPS) is 10.4. The molecular formula is C18H17BrN2O4. The summed E-state index contributed by atoms with van der Waals surface area (Å²) in [6.07, 6.45) is 2.91. The van der Waals surface area contributed by atoms with Gasteiger partial charge in [0.05, 0.1) is 19.8 Å². The minimum Gasteiger partial charge on any atom is -0.493 e. The van der Waals surface area contributed by atoms with Crippen LogP contribution in [0.15, 0.2) is 53.0 Å². The Morgan fingerprint density at radius 3 is 2.40 bits per heavy atom. The second-order valence-electron chi connectivity index (χ2n) is 4.87. The first-order valence-electron chi connectivity index (χ1n) is 7.30. The molecule has 2 rings (SSSR count). The molecule has 0 unspecified atom stereocenters. The lowest BCUT2D eigenvalue weighted by Gasteiger charge is -2.08. The van der Waals surface area contributed by atoms with Crippen molar-refractivity contribution >= 4 is 33.8 Å². The minimum atomic E-state index is -0.463. The number of amides is 2. The average Bonchev–Trinajstić information content (AvgIpc) is 2.64. The van der Waals surface area contributed by atoms with Crippen molar-refractivity contribution in [3.63, 3.8) is 0 Å². The molecule has 0 saturated heterocycles. The van der Waals surface area contributed by atoms with Crippen molar-refractivity contribution in [1.29, 1.82) is 0 Å². The molecular weight excluding hydrogens is 388 g/mol. The van der Waals surface area contributed by atoms with Gasteiger partial charge in [-0.2, -0.15) is 0 Å². The van der Waals surface area contributed by atoms with Crippen LogP contribution < -0.4 is 20.3 Å². The number of rotatable bonds is 5. The Morgan fingerprint density at radius 2 is 1.72 bits per heavy atom. The predicted octanol–water partition coefficient (Wildman–Crippen LogP) is 2.94. The molecule has 0 fully saturated rings. The van der Waals surface area contributed by atoms with Gasteiger partial charge in [0.25, 0.3) is 11.8 Å². The van der Waals surface area contributed by atoms with E-state index in [1.165, 1.54) is 13.2 Å². The smallest absolute Gasteiger partial charge is 0.270 e. The van der Waals surface area contributed by atoms with E-state index in [9.17, 15) is 9.59 Å². The number of carbonyl (C=O) groups excluding carboxylic acids is 2. The molecule has 2 aromatic rings. The molecule has 2 aromatic carbocycles. The topological polar surface area (TPSA) is 76.7 Å². The lowest BCUT2D eigenvalue weighted by molar-refractivity contribution is -0.117. The summed E-state index contributed by atoms with van der Waals surface area (Å²) < 4.78 is 11.0. The Hall–Kier alpha value is -2.80. The van der Waals surface area contributed by atoms with Crippen LogP contribution in [0.4, 0.5) is 0 Å². The fourth-order valence-corrected chi connectivity index (χ4v) is 2.47. The maximum absolute atomic E-state index is 12.0. The highest BCUT2D eigenvalue weighted by atomic mass is 79.9. The Balaban J connectivity index is 1.95. The van der Waals surface area contributed by atoms with Gasteiger partial charge in [-0.1, -0.05) is 18.2 Å². The zero-order valence-corrected chi connectivity index (χ0v) is 15.3. The van der Waals surface area contributed by atoms with Crippen LogP contribution in [0.3, 0.4) is 0 Å². The number of nitrogens with one attached hydrogen (secondary N) is 2. The number of halogens is 1. The Morgan fingerprint density at radius 1 is 1.00 bits per heavy atom. The largest absolute Gasteiger partial charge is 0.493 e. The van der Waals surface area contributed by atoms with Gasteiger partial charge in [0.2, 0.25) is 0 Å². The van der Waals surface area contributed by atoms with Gasteiger partial charge in [-0.3, -0.25) is 20.4 Å². The summed E-state index contributed by atoms with van der Waals surface area (Å²) in [7, 11) is 3.09. The maximum atomic E-state index is 12.0. The van der Waals surface area contributed by atoms with Crippen LogP contribution in [0, 0.1) is 0 Å². The first-order valence-corrected chi connectivity index (χ1v) is 8.09. The van der Waals surface area contributed by atoms with E-state index in [0.717, 1.165) is 5.56 Å². The van der Waals surface area contributed by atoms with Crippen molar-refractivity contribution in [2.24, 2.45) is 0 Å². The molecule has 7 heteroatoms. The number of carbonyl (C=O) groups is 2. The summed E-state index contributed by atoms with van der Waals surface area (Å²) >= 11 is 3.28. The Bertz CT molecular complexity index is 805. The second kappa shape index (κ2) is 8.89. The van der Waals surface area contributed by atoms with Gasteiger partial charge >= 0.3 is 0 Å². The zero-order chi connectivity index (χ0) is 18.2. The Kier molecular flexibility index (Phi) is 6.59. The molecule has 25 heavy (non-hydrogen) atoms. The maximum Gasteiger partial charge on any atom is 0.270 e. The molecule has 2 amide bonds. The first-order chi connectivity index (χ1) is 12.0. The van der Waals surface area contributed by atoms with E-state index < -0.39 is 11.8 Å². The van der Waals surface area contributed by atoms with E-state index in [2.05, 4.69) is 26.8 Å². The lowest BCUT2D eigenvalue weighted by Crippen LogP contribution is -2.40. The van der Waals surface area contributed by atoms with E-state index in [1.807, 2.05) is 0 Å². The van der Waals surface area contributed by atoms with Crippen molar-refractivity contribution in [3.05, 3.63) is 64.1 Å². The third-order valence-corrected chi connectivity index (χ3v) is 3.94. The van der Waals surface area contributed by atoms with Crippen molar-refractivity contribution in [3.8, 4) is 11.5 Å². The summed E-state index contributed by atoms with van der Waals surface area (Å²) in [5.74, 6) is 0.285. The van der Waals surface area contributed by atoms with Gasteiger partial charge in [-0.15, -0.1) is 0 Å². The fourth-order valence-electron chi connectivity index (χ4n) is 2.00. The van der Waals surface area contributed by atoms with Gasteiger partial charge < -0.3 is 9.47 Å². The van der Waals surface area contributed by atoms with Crippen molar-refractivity contribution in [1.82, 2.24) is 10.9 Å². The third-order valence-electron chi connectivity index (χ3n) is 3.25. The van der Waals surface area contributed by atoms with Gasteiger partial charge in [0.1, 0.15) is 0 Å². The van der Waals surface area contributed by atoms with Crippen LogP contribution in [-0.4, -0.2) is 26.0 Å². The quantitative estimate of drug-likeness (QED) is 0.593. The predicted molar refractivity (Wildman–Crippen MR) is 98.3 cm³/mol. The van der Waals surface area contributed by atoms with Crippen LogP contribution in [0.25, 0.3) is 6.08 Å². The van der Waals surface area contributed by atoms with Gasteiger partial charge in [0, 0.05) is 10.5 Å². The summed E-state index contributed by atoms with van der Waals surface area (Å²) in [5.41, 5.74) is 5.86. The van der Waals surface area contributed by atoms with Gasteiger partial charge in [-0.25, -0.2) is 0 Å². The van der Waals surface area contributed by atoms with Crippen LogP contribution in [0.2, 0.25) is 0 Å². The number of ether oxygens (including phenoxy) is 2. The molecule has 6 nitrogen and oxygen atoms in total. The van der Waals surface area contributed by atoms with E-state index in [4.69, 9.17) is 9.47 Å². The molecule has 0 radical (unpaired) electrons. The molecule has 130 valence electrons.